The second-order valence-electron chi connectivity index (χ2n) is 7.60. The molecule has 0 radical (unpaired) electrons. The number of sulfonamides is 1. The van der Waals surface area contributed by atoms with Gasteiger partial charge in [-0.3, -0.25) is 19.3 Å². The molecule has 0 spiro atoms. The van der Waals surface area contributed by atoms with E-state index < -0.39 is 21.7 Å². The largest absolute Gasteiger partial charge is 0.346 e. The van der Waals surface area contributed by atoms with Crippen molar-refractivity contribution in [2.75, 3.05) is 44.6 Å². The molecule has 0 aromatic heterocycles. The fraction of sp³-hybridized carbons (Fsp3) is 0.318. The molecular formula is C22H25FN4O5S. The molecule has 1 fully saturated rings. The Morgan fingerprint density at radius 2 is 1.64 bits per heavy atom. The second-order valence-corrected chi connectivity index (χ2v) is 9.53. The minimum absolute atomic E-state index is 0.0253. The van der Waals surface area contributed by atoms with Gasteiger partial charge in [-0.25, -0.2) is 12.8 Å². The molecule has 0 saturated carbocycles. The lowest BCUT2D eigenvalue weighted by Gasteiger charge is -2.33. The summed E-state index contributed by atoms with van der Waals surface area (Å²) in [6.45, 7) is 2.26. The van der Waals surface area contributed by atoms with Crippen LogP contribution in [-0.4, -0.2) is 74.5 Å². The van der Waals surface area contributed by atoms with Crippen molar-refractivity contribution in [1.82, 2.24) is 14.5 Å². The SMILES string of the molecule is CC(=O)c1cccc(S(=O)(=O)N2CCN(CC(=O)NCC(=O)Nc3ccc(F)cc3)CC2)c1. The highest BCUT2D eigenvalue weighted by Crippen LogP contribution is 2.19. The van der Waals surface area contributed by atoms with Crippen molar-refractivity contribution < 1.29 is 27.2 Å². The minimum atomic E-state index is -3.75. The van der Waals surface area contributed by atoms with E-state index in [1.807, 2.05) is 0 Å². The normalized spacial score (nSPS) is 15.1. The molecular weight excluding hydrogens is 451 g/mol. The van der Waals surface area contributed by atoms with Gasteiger partial charge in [-0.15, -0.1) is 0 Å². The zero-order valence-corrected chi connectivity index (χ0v) is 18.9. The van der Waals surface area contributed by atoms with Crippen molar-refractivity contribution >= 4 is 33.3 Å². The Morgan fingerprint density at radius 3 is 2.27 bits per heavy atom. The van der Waals surface area contributed by atoms with Gasteiger partial charge in [-0.2, -0.15) is 4.31 Å². The number of carbonyl (C=O) groups is 3. The van der Waals surface area contributed by atoms with Crippen LogP contribution in [0.25, 0.3) is 0 Å². The molecule has 1 heterocycles. The van der Waals surface area contributed by atoms with Crippen LogP contribution in [0.3, 0.4) is 0 Å². The quantitative estimate of drug-likeness (QED) is 0.551. The number of anilines is 1. The maximum absolute atomic E-state index is 12.9. The molecule has 1 saturated heterocycles. The lowest BCUT2D eigenvalue weighted by molar-refractivity contribution is -0.125. The predicted molar refractivity (Wildman–Crippen MR) is 120 cm³/mol. The smallest absolute Gasteiger partial charge is 0.243 e. The molecule has 11 heteroatoms. The van der Waals surface area contributed by atoms with Gasteiger partial charge in [0.1, 0.15) is 5.82 Å². The van der Waals surface area contributed by atoms with Crippen molar-refractivity contribution in [3.8, 4) is 0 Å². The van der Waals surface area contributed by atoms with Crippen molar-refractivity contribution in [2.45, 2.75) is 11.8 Å². The fourth-order valence-corrected chi connectivity index (χ4v) is 4.80. The Bertz CT molecular complexity index is 1130. The summed E-state index contributed by atoms with van der Waals surface area (Å²) in [6.07, 6.45) is 0. The van der Waals surface area contributed by atoms with Crippen molar-refractivity contribution in [1.29, 1.82) is 0 Å². The van der Waals surface area contributed by atoms with Gasteiger partial charge in [0.05, 0.1) is 18.0 Å². The van der Waals surface area contributed by atoms with Crippen LogP contribution in [0.4, 0.5) is 10.1 Å². The van der Waals surface area contributed by atoms with E-state index in [9.17, 15) is 27.2 Å². The van der Waals surface area contributed by atoms with E-state index >= 15 is 0 Å². The number of nitrogens with one attached hydrogen (secondary N) is 2. The summed E-state index contributed by atoms with van der Waals surface area (Å²) in [7, 11) is -3.75. The summed E-state index contributed by atoms with van der Waals surface area (Å²) in [4.78, 5) is 37.5. The van der Waals surface area contributed by atoms with E-state index in [1.165, 1.54) is 53.7 Å². The third-order valence-electron chi connectivity index (χ3n) is 5.15. The predicted octanol–water partition coefficient (Wildman–Crippen LogP) is 1.09. The highest BCUT2D eigenvalue weighted by Gasteiger charge is 2.29. The van der Waals surface area contributed by atoms with Crippen LogP contribution >= 0.6 is 0 Å². The number of amides is 2. The van der Waals surface area contributed by atoms with Crippen LogP contribution < -0.4 is 10.6 Å². The average molecular weight is 477 g/mol. The summed E-state index contributed by atoms with van der Waals surface area (Å²) in [6, 6.07) is 11.2. The Kier molecular flexibility index (Phi) is 7.90. The first-order valence-electron chi connectivity index (χ1n) is 10.3. The first-order chi connectivity index (χ1) is 15.6. The number of Topliss-reactive ketones (excluding diaryl/α,β-unsaturated/α-hetero) is 1. The molecule has 0 bridgehead atoms. The summed E-state index contributed by atoms with van der Waals surface area (Å²) in [5, 5.41) is 5.06. The Hall–Kier alpha value is -3.15. The van der Waals surface area contributed by atoms with E-state index in [4.69, 9.17) is 0 Å². The number of hydrogen-bond acceptors (Lipinski definition) is 6. The highest BCUT2D eigenvalue weighted by molar-refractivity contribution is 7.89. The van der Waals surface area contributed by atoms with Crippen molar-refractivity contribution in [3.05, 3.63) is 59.9 Å². The van der Waals surface area contributed by atoms with Gasteiger partial charge in [0.25, 0.3) is 0 Å². The molecule has 2 N–H and O–H groups in total. The van der Waals surface area contributed by atoms with Crippen molar-refractivity contribution in [3.63, 3.8) is 0 Å². The summed E-state index contributed by atoms with van der Waals surface area (Å²) < 4.78 is 40.0. The summed E-state index contributed by atoms with van der Waals surface area (Å²) >= 11 is 0. The van der Waals surface area contributed by atoms with Gasteiger partial charge in [-0.05, 0) is 43.3 Å². The number of nitrogens with zero attached hydrogens (tertiary/aromatic N) is 2. The second kappa shape index (κ2) is 10.6. The molecule has 9 nitrogen and oxygen atoms in total. The van der Waals surface area contributed by atoms with Gasteiger partial charge in [-0.1, -0.05) is 12.1 Å². The lowest BCUT2D eigenvalue weighted by atomic mass is 10.2. The third kappa shape index (κ3) is 6.67. The number of halogens is 1. The maximum atomic E-state index is 12.9. The summed E-state index contributed by atoms with van der Waals surface area (Å²) in [5.74, 6) is -1.44. The first kappa shape index (κ1) is 24.5. The number of rotatable bonds is 8. The zero-order chi connectivity index (χ0) is 24.0. The fourth-order valence-electron chi connectivity index (χ4n) is 3.33. The number of carbonyl (C=O) groups excluding carboxylic acids is 3. The first-order valence-corrected chi connectivity index (χ1v) is 11.7. The molecule has 1 aliphatic heterocycles. The van der Waals surface area contributed by atoms with Gasteiger partial charge in [0.2, 0.25) is 21.8 Å². The van der Waals surface area contributed by atoms with Gasteiger partial charge in [0, 0.05) is 37.4 Å². The zero-order valence-electron chi connectivity index (χ0n) is 18.1. The number of hydrogen-bond donors (Lipinski definition) is 2. The van der Waals surface area contributed by atoms with Gasteiger partial charge in [0.15, 0.2) is 5.78 Å². The molecule has 2 aromatic rings. The standard InChI is InChI=1S/C22H25FN4O5S/c1-16(28)17-3-2-4-20(13-17)33(31,32)27-11-9-26(10-12-27)15-22(30)24-14-21(29)25-19-7-5-18(23)6-8-19/h2-8,13H,9-12,14-15H2,1H3,(H,24,30)(H,25,29). The molecule has 0 aliphatic carbocycles. The van der Waals surface area contributed by atoms with E-state index in [-0.39, 0.29) is 42.8 Å². The lowest BCUT2D eigenvalue weighted by Crippen LogP contribution is -2.51. The van der Waals surface area contributed by atoms with Crippen LogP contribution in [0.1, 0.15) is 17.3 Å². The van der Waals surface area contributed by atoms with Crippen LogP contribution in [0.5, 0.6) is 0 Å². The number of benzene rings is 2. The van der Waals surface area contributed by atoms with Crippen LogP contribution in [0.15, 0.2) is 53.4 Å². The molecule has 2 aromatic carbocycles. The third-order valence-corrected chi connectivity index (χ3v) is 7.05. The molecule has 1 aliphatic rings. The van der Waals surface area contributed by atoms with Gasteiger partial charge >= 0.3 is 0 Å². The van der Waals surface area contributed by atoms with Crippen LogP contribution in [0.2, 0.25) is 0 Å². The Balaban J connectivity index is 1.45. The van der Waals surface area contributed by atoms with E-state index in [0.717, 1.165) is 0 Å². The monoisotopic (exact) mass is 476 g/mol. The Morgan fingerprint density at radius 1 is 0.970 bits per heavy atom. The molecule has 176 valence electrons. The molecule has 3 rings (SSSR count). The molecule has 0 atom stereocenters. The van der Waals surface area contributed by atoms with Crippen LogP contribution in [-0.2, 0) is 19.6 Å². The topological polar surface area (TPSA) is 116 Å². The van der Waals surface area contributed by atoms with Crippen LogP contribution in [0, 0.1) is 5.82 Å². The molecule has 2 amide bonds. The minimum Gasteiger partial charge on any atom is -0.346 e. The maximum Gasteiger partial charge on any atom is 0.243 e. The average Bonchev–Trinajstić information content (AvgIpc) is 2.80. The Labute approximate surface area is 191 Å². The van der Waals surface area contributed by atoms with Crippen molar-refractivity contribution in [2.24, 2.45) is 0 Å². The molecule has 0 unspecified atom stereocenters. The van der Waals surface area contributed by atoms with E-state index in [1.54, 1.807) is 11.0 Å². The van der Waals surface area contributed by atoms with Gasteiger partial charge < -0.3 is 10.6 Å². The number of ketones is 1. The highest BCUT2D eigenvalue weighted by atomic mass is 32.2. The van der Waals surface area contributed by atoms with E-state index in [2.05, 4.69) is 10.6 Å². The van der Waals surface area contributed by atoms with E-state index in [0.29, 0.717) is 24.3 Å². The molecule has 33 heavy (non-hydrogen) atoms. The summed E-state index contributed by atoms with van der Waals surface area (Å²) in [5.41, 5.74) is 0.747. The number of piperazine rings is 1.